The summed E-state index contributed by atoms with van der Waals surface area (Å²) in [7, 11) is 1.39. The Morgan fingerprint density at radius 2 is 2.00 bits per heavy atom. The fourth-order valence-electron chi connectivity index (χ4n) is 1.98. The Hall–Kier alpha value is -2.42. The second-order valence-electron chi connectivity index (χ2n) is 4.07. The first-order valence-electron chi connectivity index (χ1n) is 5.67. The topological polar surface area (TPSA) is 55.7 Å². The molecule has 0 fully saturated rings. The minimum Gasteiger partial charge on any atom is -0.479 e. The van der Waals surface area contributed by atoms with Crippen LogP contribution in [0.2, 0.25) is 0 Å². The van der Waals surface area contributed by atoms with Crippen molar-refractivity contribution < 1.29 is 17.9 Å². The summed E-state index contributed by atoms with van der Waals surface area (Å²) in [6.45, 7) is 0. The van der Waals surface area contributed by atoms with E-state index in [0.29, 0.717) is 11.6 Å². The van der Waals surface area contributed by atoms with Gasteiger partial charge in [-0.3, -0.25) is 4.57 Å². The molecule has 0 saturated heterocycles. The standard InChI is InChI=1S/C12H7F3N4OS/c1-20-11-9-10(16-4-17-11)19(12(21)18-9)7-3-5(13)2-6(14)8(7)15/h2-4H,1H3,(H,18,21). The number of H-pyrrole nitrogens is 1. The number of fused-ring (bicyclic) bond motifs is 1. The van der Waals surface area contributed by atoms with E-state index in [2.05, 4.69) is 15.0 Å². The van der Waals surface area contributed by atoms with Gasteiger partial charge in [-0.25, -0.2) is 18.2 Å². The van der Waals surface area contributed by atoms with Gasteiger partial charge >= 0.3 is 0 Å². The number of halogens is 3. The highest BCUT2D eigenvalue weighted by Crippen LogP contribution is 2.26. The van der Waals surface area contributed by atoms with Crippen LogP contribution in [0.15, 0.2) is 18.5 Å². The molecular formula is C12H7F3N4OS. The number of benzene rings is 1. The summed E-state index contributed by atoms with van der Waals surface area (Å²) >= 11 is 5.06. The molecule has 1 aromatic carbocycles. The van der Waals surface area contributed by atoms with Crippen molar-refractivity contribution in [2.24, 2.45) is 0 Å². The fraction of sp³-hybridized carbons (Fsp3) is 0.0833. The van der Waals surface area contributed by atoms with E-state index < -0.39 is 17.5 Å². The van der Waals surface area contributed by atoms with Crippen molar-refractivity contribution in [2.45, 2.75) is 0 Å². The van der Waals surface area contributed by atoms with Gasteiger partial charge in [0.1, 0.15) is 17.7 Å². The van der Waals surface area contributed by atoms with Crippen LogP contribution in [0, 0.1) is 22.2 Å². The summed E-state index contributed by atoms with van der Waals surface area (Å²) in [5.41, 5.74) is 0.0642. The molecule has 0 saturated carbocycles. The molecule has 0 aliphatic rings. The Balaban J connectivity index is 2.42. The lowest BCUT2D eigenvalue weighted by atomic mass is 10.2. The van der Waals surface area contributed by atoms with Crippen molar-refractivity contribution >= 4 is 23.4 Å². The Morgan fingerprint density at radius 3 is 2.71 bits per heavy atom. The van der Waals surface area contributed by atoms with Gasteiger partial charge in [0.15, 0.2) is 22.1 Å². The van der Waals surface area contributed by atoms with E-state index >= 15 is 0 Å². The molecule has 0 aliphatic heterocycles. The smallest absolute Gasteiger partial charge is 0.242 e. The molecule has 3 aromatic rings. The fourth-order valence-corrected chi connectivity index (χ4v) is 2.27. The molecule has 9 heteroatoms. The number of hydrogen-bond acceptors (Lipinski definition) is 4. The minimum absolute atomic E-state index is 0.00713. The van der Waals surface area contributed by atoms with Crippen LogP contribution in [0.1, 0.15) is 0 Å². The van der Waals surface area contributed by atoms with E-state index in [9.17, 15) is 13.2 Å². The van der Waals surface area contributed by atoms with Gasteiger partial charge in [0.2, 0.25) is 5.88 Å². The molecule has 21 heavy (non-hydrogen) atoms. The summed E-state index contributed by atoms with van der Waals surface area (Å²) in [6, 6.07) is 1.28. The molecule has 1 N–H and O–H groups in total. The molecule has 108 valence electrons. The minimum atomic E-state index is -1.32. The van der Waals surface area contributed by atoms with Crippen LogP contribution in [0.5, 0.6) is 5.88 Å². The van der Waals surface area contributed by atoms with Crippen LogP contribution in [0.3, 0.4) is 0 Å². The van der Waals surface area contributed by atoms with Gasteiger partial charge in [0, 0.05) is 12.1 Å². The molecule has 2 heterocycles. The van der Waals surface area contributed by atoms with Crippen molar-refractivity contribution in [3.8, 4) is 11.6 Å². The van der Waals surface area contributed by atoms with Crippen LogP contribution >= 0.6 is 12.2 Å². The summed E-state index contributed by atoms with van der Waals surface area (Å²) < 4.78 is 46.8. The highest BCUT2D eigenvalue weighted by atomic mass is 32.1. The van der Waals surface area contributed by atoms with Gasteiger partial charge in [-0.05, 0) is 12.2 Å². The number of ether oxygens (including phenoxy) is 1. The number of nitrogens with one attached hydrogen (secondary N) is 1. The number of nitrogens with zero attached hydrogens (tertiary/aromatic N) is 3. The van der Waals surface area contributed by atoms with Crippen molar-refractivity contribution in [1.82, 2.24) is 19.5 Å². The maximum atomic E-state index is 13.9. The van der Waals surface area contributed by atoms with Gasteiger partial charge in [-0.2, -0.15) is 4.98 Å². The second-order valence-corrected chi connectivity index (χ2v) is 4.45. The predicted molar refractivity (Wildman–Crippen MR) is 70.5 cm³/mol. The van der Waals surface area contributed by atoms with E-state index in [1.165, 1.54) is 13.4 Å². The van der Waals surface area contributed by atoms with E-state index in [0.717, 1.165) is 10.6 Å². The Labute approximate surface area is 121 Å². The summed E-state index contributed by atoms with van der Waals surface area (Å²) in [4.78, 5) is 10.5. The lowest BCUT2D eigenvalue weighted by molar-refractivity contribution is 0.401. The van der Waals surface area contributed by atoms with Crippen LogP contribution in [-0.2, 0) is 0 Å². The van der Waals surface area contributed by atoms with Crippen molar-refractivity contribution in [2.75, 3.05) is 7.11 Å². The maximum absolute atomic E-state index is 13.9. The monoisotopic (exact) mass is 312 g/mol. The second kappa shape index (κ2) is 4.85. The number of aromatic nitrogens is 4. The molecule has 0 radical (unpaired) electrons. The first-order chi connectivity index (χ1) is 10.0. The molecule has 0 aliphatic carbocycles. The van der Waals surface area contributed by atoms with E-state index in [1.807, 2.05) is 0 Å². The Kier molecular flexibility index (Phi) is 3.13. The Bertz CT molecular complexity index is 905. The third-order valence-electron chi connectivity index (χ3n) is 2.85. The van der Waals surface area contributed by atoms with Crippen molar-refractivity contribution in [3.05, 3.63) is 40.7 Å². The molecule has 0 bridgehead atoms. The van der Waals surface area contributed by atoms with Crippen LogP contribution < -0.4 is 4.74 Å². The lowest BCUT2D eigenvalue weighted by Crippen LogP contribution is -2.03. The van der Waals surface area contributed by atoms with Gasteiger partial charge < -0.3 is 9.72 Å². The normalized spacial score (nSPS) is 11.0. The highest BCUT2D eigenvalue weighted by Gasteiger charge is 2.18. The molecule has 2 aromatic heterocycles. The zero-order valence-corrected chi connectivity index (χ0v) is 11.3. The average Bonchev–Trinajstić information content (AvgIpc) is 2.78. The molecule has 0 atom stereocenters. The van der Waals surface area contributed by atoms with Crippen LogP contribution in [0.25, 0.3) is 16.9 Å². The molecule has 0 amide bonds. The molecular weight excluding hydrogens is 305 g/mol. The first-order valence-corrected chi connectivity index (χ1v) is 6.08. The lowest BCUT2D eigenvalue weighted by Gasteiger charge is -2.06. The largest absolute Gasteiger partial charge is 0.479 e. The number of hydrogen-bond donors (Lipinski definition) is 1. The van der Waals surface area contributed by atoms with E-state index in [4.69, 9.17) is 17.0 Å². The zero-order chi connectivity index (χ0) is 15.1. The maximum Gasteiger partial charge on any atom is 0.242 e. The predicted octanol–water partition coefficient (Wildman–Crippen LogP) is 2.90. The summed E-state index contributed by atoms with van der Waals surface area (Å²) in [5.74, 6) is -3.29. The highest BCUT2D eigenvalue weighted by molar-refractivity contribution is 7.71. The third-order valence-corrected chi connectivity index (χ3v) is 3.13. The zero-order valence-electron chi connectivity index (χ0n) is 10.5. The Morgan fingerprint density at radius 1 is 1.24 bits per heavy atom. The first kappa shape index (κ1) is 13.6. The SMILES string of the molecule is COc1ncnc2c1[nH]c(=S)n2-c1cc(F)cc(F)c1F. The van der Waals surface area contributed by atoms with E-state index in [-0.39, 0.29) is 22.0 Å². The third kappa shape index (κ3) is 2.05. The van der Waals surface area contributed by atoms with Crippen LogP contribution in [-0.4, -0.2) is 26.6 Å². The molecule has 3 rings (SSSR count). The van der Waals surface area contributed by atoms with Gasteiger partial charge in [0.05, 0.1) is 12.8 Å². The van der Waals surface area contributed by atoms with Crippen LogP contribution in [0.4, 0.5) is 13.2 Å². The average molecular weight is 312 g/mol. The number of imidazole rings is 1. The summed E-state index contributed by atoms with van der Waals surface area (Å²) in [6.07, 6.45) is 1.17. The number of methoxy groups -OCH3 is 1. The van der Waals surface area contributed by atoms with Crippen molar-refractivity contribution in [1.29, 1.82) is 0 Å². The number of rotatable bonds is 2. The molecule has 0 spiro atoms. The quantitative estimate of drug-likeness (QED) is 0.584. The summed E-state index contributed by atoms with van der Waals surface area (Å²) in [5, 5.41) is 0. The van der Waals surface area contributed by atoms with E-state index in [1.54, 1.807) is 0 Å². The van der Waals surface area contributed by atoms with Crippen molar-refractivity contribution in [3.63, 3.8) is 0 Å². The molecule has 5 nitrogen and oxygen atoms in total. The number of aromatic amines is 1. The molecule has 0 unspecified atom stereocenters. The van der Waals surface area contributed by atoms with Gasteiger partial charge in [-0.15, -0.1) is 0 Å². The van der Waals surface area contributed by atoms with Gasteiger partial charge in [-0.1, -0.05) is 0 Å². The van der Waals surface area contributed by atoms with Gasteiger partial charge in [0.25, 0.3) is 0 Å².